The van der Waals surface area contributed by atoms with E-state index in [9.17, 15) is 4.79 Å². The molecule has 5 heteroatoms. The molecule has 0 radical (unpaired) electrons. The molecule has 0 saturated carbocycles. The van der Waals surface area contributed by atoms with Gasteiger partial charge < -0.3 is 14.2 Å². The fourth-order valence-corrected chi connectivity index (χ4v) is 2.73. The average molecular weight is 339 g/mol. The Morgan fingerprint density at radius 3 is 2.36 bits per heavy atom. The van der Waals surface area contributed by atoms with Crippen molar-refractivity contribution in [3.63, 3.8) is 0 Å². The lowest BCUT2D eigenvalue weighted by Gasteiger charge is -2.30. The standard InChI is InChI=1S/C20H21NO4/c1-3-23-14(2)24-18-17(15-10-6-4-7-11-15)21-19(25-20(18)22)16-12-8-5-9-13-16/h4-14,17-18H,3H2,1-2H3/t14?,17-,18+/m1/s1. The molecule has 0 N–H and O–H groups in total. The van der Waals surface area contributed by atoms with E-state index in [1.165, 1.54) is 0 Å². The first-order valence-corrected chi connectivity index (χ1v) is 8.36. The van der Waals surface area contributed by atoms with Crippen molar-refractivity contribution in [1.29, 1.82) is 0 Å². The Bertz CT molecular complexity index is 730. The van der Waals surface area contributed by atoms with Crippen LogP contribution in [0.3, 0.4) is 0 Å². The molecule has 0 aliphatic carbocycles. The van der Waals surface area contributed by atoms with E-state index in [0.717, 1.165) is 11.1 Å². The highest BCUT2D eigenvalue weighted by Crippen LogP contribution is 2.30. The summed E-state index contributed by atoms with van der Waals surface area (Å²) in [5.41, 5.74) is 1.65. The highest BCUT2D eigenvalue weighted by Gasteiger charge is 2.38. The van der Waals surface area contributed by atoms with E-state index in [1.54, 1.807) is 6.92 Å². The SMILES string of the molecule is CCOC(C)O[C@@H]1C(=O)OC(c2ccccc2)=N[C@@H]1c1ccccc1. The summed E-state index contributed by atoms with van der Waals surface area (Å²) in [6.07, 6.45) is -1.38. The van der Waals surface area contributed by atoms with Gasteiger partial charge in [-0.15, -0.1) is 0 Å². The molecule has 25 heavy (non-hydrogen) atoms. The lowest BCUT2D eigenvalue weighted by Crippen LogP contribution is -2.40. The van der Waals surface area contributed by atoms with E-state index >= 15 is 0 Å². The first-order valence-electron chi connectivity index (χ1n) is 8.36. The van der Waals surface area contributed by atoms with Crippen molar-refractivity contribution in [2.24, 2.45) is 4.99 Å². The van der Waals surface area contributed by atoms with Crippen molar-refractivity contribution in [3.8, 4) is 0 Å². The normalized spacial score (nSPS) is 21.4. The number of esters is 1. The van der Waals surface area contributed by atoms with Gasteiger partial charge in [0.1, 0.15) is 6.04 Å². The molecule has 5 nitrogen and oxygen atoms in total. The van der Waals surface area contributed by atoms with Crippen LogP contribution in [-0.4, -0.2) is 30.9 Å². The Morgan fingerprint density at radius 2 is 1.72 bits per heavy atom. The molecule has 1 unspecified atom stereocenters. The van der Waals surface area contributed by atoms with Gasteiger partial charge in [0.15, 0.2) is 12.4 Å². The van der Waals surface area contributed by atoms with Gasteiger partial charge in [0.25, 0.3) is 0 Å². The third-order valence-electron chi connectivity index (χ3n) is 3.87. The van der Waals surface area contributed by atoms with Gasteiger partial charge in [-0.3, -0.25) is 0 Å². The average Bonchev–Trinajstić information content (AvgIpc) is 2.65. The zero-order valence-electron chi connectivity index (χ0n) is 14.3. The summed E-state index contributed by atoms with van der Waals surface area (Å²) in [5, 5.41) is 0. The van der Waals surface area contributed by atoms with Crippen molar-refractivity contribution in [1.82, 2.24) is 0 Å². The summed E-state index contributed by atoms with van der Waals surface area (Å²) in [7, 11) is 0. The van der Waals surface area contributed by atoms with Crippen molar-refractivity contribution < 1.29 is 19.0 Å². The van der Waals surface area contributed by atoms with Gasteiger partial charge in [0, 0.05) is 12.2 Å². The molecule has 0 amide bonds. The summed E-state index contributed by atoms with van der Waals surface area (Å²) in [5.74, 6) is -0.155. The van der Waals surface area contributed by atoms with Crippen molar-refractivity contribution in [3.05, 3.63) is 71.8 Å². The number of benzene rings is 2. The van der Waals surface area contributed by atoms with Gasteiger partial charge in [-0.05, 0) is 31.5 Å². The van der Waals surface area contributed by atoms with Crippen molar-refractivity contribution in [2.45, 2.75) is 32.3 Å². The topological polar surface area (TPSA) is 57.1 Å². The second-order valence-corrected chi connectivity index (χ2v) is 5.66. The van der Waals surface area contributed by atoms with Crippen LogP contribution in [0.15, 0.2) is 65.7 Å². The van der Waals surface area contributed by atoms with E-state index in [4.69, 9.17) is 14.2 Å². The fraction of sp³-hybridized carbons (Fsp3) is 0.300. The molecular formula is C20H21NO4. The molecule has 3 rings (SSSR count). The van der Waals surface area contributed by atoms with Crippen LogP contribution in [0.2, 0.25) is 0 Å². The number of hydrogen-bond donors (Lipinski definition) is 0. The number of aliphatic imine (C=N–C) groups is 1. The molecule has 3 atom stereocenters. The Labute approximate surface area is 147 Å². The quantitative estimate of drug-likeness (QED) is 0.597. The van der Waals surface area contributed by atoms with E-state index in [1.807, 2.05) is 67.6 Å². The van der Waals surface area contributed by atoms with E-state index in [2.05, 4.69) is 4.99 Å². The van der Waals surface area contributed by atoms with Crippen LogP contribution in [0.4, 0.5) is 0 Å². The maximum atomic E-state index is 12.6. The number of carbonyl (C=O) groups excluding carboxylic acids is 1. The van der Waals surface area contributed by atoms with Crippen LogP contribution in [-0.2, 0) is 19.0 Å². The summed E-state index contributed by atoms with van der Waals surface area (Å²) < 4.78 is 16.6. The van der Waals surface area contributed by atoms with Gasteiger partial charge in [-0.1, -0.05) is 48.5 Å². The molecule has 1 aliphatic heterocycles. The third-order valence-corrected chi connectivity index (χ3v) is 3.87. The zero-order valence-corrected chi connectivity index (χ0v) is 14.3. The minimum Gasteiger partial charge on any atom is -0.405 e. The lowest BCUT2D eigenvalue weighted by molar-refractivity contribution is -0.187. The molecule has 1 heterocycles. The van der Waals surface area contributed by atoms with Gasteiger partial charge in [-0.2, -0.15) is 0 Å². The van der Waals surface area contributed by atoms with Crippen LogP contribution in [0.1, 0.15) is 31.0 Å². The van der Waals surface area contributed by atoms with E-state index in [0.29, 0.717) is 12.5 Å². The Morgan fingerprint density at radius 1 is 1.08 bits per heavy atom. The summed E-state index contributed by atoms with van der Waals surface area (Å²) in [6.45, 7) is 4.13. The van der Waals surface area contributed by atoms with Gasteiger partial charge in [-0.25, -0.2) is 9.79 Å². The van der Waals surface area contributed by atoms with Crippen molar-refractivity contribution in [2.75, 3.05) is 6.61 Å². The third kappa shape index (κ3) is 4.13. The Kier molecular flexibility index (Phi) is 5.58. The molecule has 0 bridgehead atoms. The predicted molar refractivity (Wildman–Crippen MR) is 94.2 cm³/mol. The lowest BCUT2D eigenvalue weighted by atomic mass is 10.0. The number of hydrogen-bond acceptors (Lipinski definition) is 5. The molecule has 0 spiro atoms. The highest BCUT2D eigenvalue weighted by atomic mass is 16.7. The van der Waals surface area contributed by atoms with Crippen LogP contribution < -0.4 is 0 Å². The maximum Gasteiger partial charge on any atom is 0.344 e. The van der Waals surface area contributed by atoms with Gasteiger partial charge in [0.05, 0.1) is 0 Å². The molecular weight excluding hydrogens is 318 g/mol. The number of rotatable bonds is 6. The molecule has 1 aliphatic rings. The zero-order chi connectivity index (χ0) is 17.6. The first kappa shape index (κ1) is 17.3. The molecule has 0 aromatic heterocycles. The smallest absolute Gasteiger partial charge is 0.344 e. The van der Waals surface area contributed by atoms with Crippen LogP contribution in [0.5, 0.6) is 0 Å². The highest BCUT2D eigenvalue weighted by molar-refractivity contribution is 6.03. The first-order chi connectivity index (χ1) is 12.2. The van der Waals surface area contributed by atoms with Crippen LogP contribution in [0, 0.1) is 0 Å². The Balaban J connectivity index is 1.95. The van der Waals surface area contributed by atoms with Crippen molar-refractivity contribution >= 4 is 11.9 Å². The van der Waals surface area contributed by atoms with Gasteiger partial charge >= 0.3 is 5.97 Å². The Hall–Kier alpha value is -2.50. The molecule has 2 aromatic carbocycles. The van der Waals surface area contributed by atoms with Crippen LogP contribution in [0.25, 0.3) is 0 Å². The molecule has 0 fully saturated rings. The van der Waals surface area contributed by atoms with E-state index in [-0.39, 0.29) is 0 Å². The van der Waals surface area contributed by atoms with Crippen LogP contribution >= 0.6 is 0 Å². The van der Waals surface area contributed by atoms with E-state index < -0.39 is 24.4 Å². The number of carbonyl (C=O) groups is 1. The number of ether oxygens (including phenoxy) is 3. The molecule has 130 valence electrons. The fourth-order valence-electron chi connectivity index (χ4n) is 2.73. The minimum atomic E-state index is -0.851. The van der Waals surface area contributed by atoms with Gasteiger partial charge in [0.2, 0.25) is 5.90 Å². The monoisotopic (exact) mass is 339 g/mol. The summed E-state index contributed by atoms with van der Waals surface area (Å²) >= 11 is 0. The minimum absolute atomic E-state index is 0.309. The predicted octanol–water partition coefficient (Wildman–Crippen LogP) is 3.50. The summed E-state index contributed by atoms with van der Waals surface area (Å²) in [4.78, 5) is 17.3. The second kappa shape index (κ2) is 8.05. The second-order valence-electron chi connectivity index (χ2n) is 5.66. The summed E-state index contributed by atoms with van der Waals surface area (Å²) in [6, 6.07) is 18.5. The largest absolute Gasteiger partial charge is 0.405 e. The number of cyclic esters (lactones) is 1. The molecule has 0 saturated heterocycles. The maximum absolute atomic E-state index is 12.6. The number of nitrogens with zero attached hydrogens (tertiary/aromatic N) is 1. The molecule has 2 aromatic rings.